The summed E-state index contributed by atoms with van der Waals surface area (Å²) < 4.78 is 34.6. The molecule has 1 atom stereocenters. The summed E-state index contributed by atoms with van der Waals surface area (Å²) in [5.74, 6) is -1.34. The number of aryl methyl sites for hydroxylation is 1. The number of carbonyl (C=O) groups excluding carboxylic acids is 1. The number of nitrogens with zero attached hydrogens (tertiary/aromatic N) is 2. The highest BCUT2D eigenvalue weighted by Crippen LogP contribution is 2.28. The lowest BCUT2D eigenvalue weighted by Gasteiger charge is -2.16. The van der Waals surface area contributed by atoms with E-state index in [9.17, 15) is 17.1 Å². The van der Waals surface area contributed by atoms with Crippen LogP contribution in [0.3, 0.4) is 0 Å². The Bertz CT molecular complexity index is 620. The minimum Gasteiger partial charge on any atom is -0.311 e. The number of rotatable bonds is 3. The van der Waals surface area contributed by atoms with Gasteiger partial charge >= 0.3 is 10.2 Å². The second-order valence-corrected chi connectivity index (χ2v) is 6.81. The first-order valence-electron chi connectivity index (χ1n) is 5.61. The minimum absolute atomic E-state index is 0.0364. The van der Waals surface area contributed by atoms with E-state index >= 15 is 0 Å². The molecule has 1 aliphatic rings. The van der Waals surface area contributed by atoms with Crippen molar-refractivity contribution in [3.8, 4) is 0 Å². The lowest BCUT2D eigenvalue weighted by atomic mass is 10.1. The Labute approximate surface area is 119 Å². The van der Waals surface area contributed by atoms with Crippen molar-refractivity contribution in [1.29, 1.82) is 0 Å². The number of carbonyl (C=O) groups is 1. The quantitative estimate of drug-likeness (QED) is 0.779. The molecule has 2 heterocycles. The fraction of sp³-hybridized carbons (Fsp3) is 0.455. The summed E-state index contributed by atoms with van der Waals surface area (Å²) in [5.41, 5.74) is 1.37. The summed E-state index contributed by atoms with van der Waals surface area (Å²) in [6.45, 7) is 2.01. The molecule has 1 aromatic heterocycles. The topological polar surface area (TPSA) is 67.3 Å². The summed E-state index contributed by atoms with van der Waals surface area (Å²) >= 11 is 3.32. The zero-order valence-electron chi connectivity index (χ0n) is 10.1. The van der Waals surface area contributed by atoms with Crippen LogP contribution in [0.2, 0.25) is 0 Å². The Morgan fingerprint density at radius 2 is 2.26 bits per heavy atom. The number of hydrogen-bond acceptors (Lipinski definition) is 4. The molecule has 1 amide bonds. The molecule has 1 aliphatic heterocycles. The van der Waals surface area contributed by atoms with Gasteiger partial charge in [-0.1, -0.05) is 0 Å². The van der Waals surface area contributed by atoms with Crippen molar-refractivity contribution < 1.29 is 17.1 Å². The lowest BCUT2D eigenvalue weighted by Crippen LogP contribution is -2.25. The number of aromatic nitrogens is 1. The van der Waals surface area contributed by atoms with Crippen molar-refractivity contribution >= 4 is 37.7 Å². The number of amides is 1. The third kappa shape index (κ3) is 3.50. The van der Waals surface area contributed by atoms with Gasteiger partial charge in [0.2, 0.25) is 5.91 Å². The van der Waals surface area contributed by atoms with Crippen molar-refractivity contribution in [2.24, 2.45) is 5.92 Å². The maximum Gasteiger partial charge on any atom is 0.302 e. The molecule has 0 saturated carbocycles. The van der Waals surface area contributed by atoms with Crippen LogP contribution < -0.4 is 4.90 Å². The molecule has 1 saturated heterocycles. The highest BCUT2D eigenvalue weighted by atomic mass is 79.9. The molecule has 104 valence electrons. The van der Waals surface area contributed by atoms with Gasteiger partial charge < -0.3 is 4.90 Å². The molecule has 0 aliphatic carbocycles. The van der Waals surface area contributed by atoms with E-state index in [-0.39, 0.29) is 18.9 Å². The zero-order valence-corrected chi connectivity index (χ0v) is 12.5. The first kappa shape index (κ1) is 14.4. The Balaban J connectivity index is 2.18. The molecule has 2 rings (SSSR count). The van der Waals surface area contributed by atoms with E-state index < -0.39 is 21.9 Å². The first-order valence-corrected chi connectivity index (χ1v) is 7.95. The van der Waals surface area contributed by atoms with Gasteiger partial charge in [0.1, 0.15) is 0 Å². The highest BCUT2D eigenvalue weighted by molar-refractivity contribution is 9.10. The lowest BCUT2D eigenvalue weighted by molar-refractivity contribution is -0.117. The summed E-state index contributed by atoms with van der Waals surface area (Å²) in [6, 6.07) is 1.74. The Hall–Kier alpha value is -1.02. The average Bonchev–Trinajstić information content (AvgIpc) is 2.61. The van der Waals surface area contributed by atoms with Gasteiger partial charge in [-0.15, -0.1) is 3.89 Å². The average molecular weight is 351 g/mol. The summed E-state index contributed by atoms with van der Waals surface area (Å²) in [5, 5.41) is 0. The Kier molecular flexibility index (Phi) is 3.91. The van der Waals surface area contributed by atoms with Crippen LogP contribution in [-0.4, -0.2) is 31.6 Å². The van der Waals surface area contributed by atoms with Gasteiger partial charge in [0.15, 0.2) is 0 Å². The van der Waals surface area contributed by atoms with E-state index in [4.69, 9.17) is 0 Å². The predicted molar refractivity (Wildman–Crippen MR) is 72.0 cm³/mol. The van der Waals surface area contributed by atoms with Crippen LogP contribution in [0.25, 0.3) is 0 Å². The van der Waals surface area contributed by atoms with Gasteiger partial charge in [0.05, 0.1) is 23.3 Å². The smallest absolute Gasteiger partial charge is 0.302 e. The van der Waals surface area contributed by atoms with Gasteiger partial charge in [-0.3, -0.25) is 9.78 Å². The van der Waals surface area contributed by atoms with Crippen LogP contribution in [0.4, 0.5) is 9.57 Å². The second-order valence-electron chi connectivity index (χ2n) is 4.54. The first-order chi connectivity index (χ1) is 8.76. The normalized spacial score (nSPS) is 20.1. The van der Waals surface area contributed by atoms with E-state index in [0.717, 1.165) is 10.2 Å². The largest absolute Gasteiger partial charge is 0.311 e. The second kappa shape index (κ2) is 5.16. The summed E-state index contributed by atoms with van der Waals surface area (Å²) in [4.78, 5) is 17.4. The summed E-state index contributed by atoms with van der Waals surface area (Å²) in [7, 11) is -4.56. The monoisotopic (exact) mass is 350 g/mol. The maximum absolute atomic E-state index is 12.6. The van der Waals surface area contributed by atoms with Crippen molar-refractivity contribution in [2.75, 3.05) is 17.2 Å². The van der Waals surface area contributed by atoms with Crippen molar-refractivity contribution in [3.63, 3.8) is 0 Å². The van der Waals surface area contributed by atoms with Crippen LogP contribution in [0.15, 0.2) is 16.7 Å². The molecule has 1 aromatic rings. The molecule has 5 nitrogen and oxygen atoms in total. The van der Waals surface area contributed by atoms with E-state index in [1.165, 1.54) is 4.90 Å². The van der Waals surface area contributed by atoms with Gasteiger partial charge in [-0.05, 0) is 28.9 Å². The van der Waals surface area contributed by atoms with Crippen LogP contribution in [0.1, 0.15) is 12.1 Å². The molecule has 0 spiro atoms. The number of hydrogen-bond donors (Lipinski definition) is 0. The van der Waals surface area contributed by atoms with Crippen LogP contribution in [0, 0.1) is 12.8 Å². The van der Waals surface area contributed by atoms with Crippen molar-refractivity contribution in [3.05, 3.63) is 22.4 Å². The van der Waals surface area contributed by atoms with E-state index in [1.807, 2.05) is 6.92 Å². The van der Waals surface area contributed by atoms with E-state index in [1.54, 1.807) is 12.3 Å². The molecule has 8 heteroatoms. The number of halogens is 2. The van der Waals surface area contributed by atoms with Crippen LogP contribution in [0.5, 0.6) is 0 Å². The third-order valence-electron chi connectivity index (χ3n) is 2.96. The Morgan fingerprint density at radius 1 is 1.58 bits per heavy atom. The molecular formula is C11H12BrFN2O3S. The highest BCUT2D eigenvalue weighted by Gasteiger charge is 2.33. The van der Waals surface area contributed by atoms with Gasteiger partial charge in [-0.2, -0.15) is 8.42 Å². The zero-order chi connectivity index (χ0) is 14.2. The minimum atomic E-state index is -4.56. The molecular weight excluding hydrogens is 339 g/mol. The van der Waals surface area contributed by atoms with Crippen LogP contribution in [-0.2, 0) is 15.0 Å². The van der Waals surface area contributed by atoms with E-state index in [0.29, 0.717) is 5.69 Å². The molecule has 1 fully saturated rings. The Morgan fingerprint density at radius 3 is 2.84 bits per heavy atom. The van der Waals surface area contributed by atoms with Gasteiger partial charge in [-0.25, -0.2) is 0 Å². The molecule has 0 bridgehead atoms. The number of pyridine rings is 1. The van der Waals surface area contributed by atoms with Crippen molar-refractivity contribution in [2.45, 2.75) is 13.3 Å². The molecule has 0 aromatic carbocycles. The van der Waals surface area contributed by atoms with Gasteiger partial charge in [0, 0.05) is 23.4 Å². The predicted octanol–water partition coefficient (Wildman–Crippen LogP) is 1.80. The molecule has 19 heavy (non-hydrogen) atoms. The molecule has 1 unspecified atom stereocenters. The summed E-state index contributed by atoms with van der Waals surface area (Å²) in [6.07, 6.45) is 1.58. The number of anilines is 1. The third-order valence-corrected chi connectivity index (χ3v) is 4.63. The fourth-order valence-corrected chi connectivity index (χ4v) is 3.19. The SMILES string of the molecule is Cc1ncc(N2CC(CS(=O)(=O)F)CC2=O)cc1Br. The van der Waals surface area contributed by atoms with Gasteiger partial charge in [0.25, 0.3) is 0 Å². The van der Waals surface area contributed by atoms with Crippen LogP contribution >= 0.6 is 15.9 Å². The molecule has 0 radical (unpaired) electrons. The molecule has 0 N–H and O–H groups in total. The van der Waals surface area contributed by atoms with E-state index in [2.05, 4.69) is 20.9 Å². The van der Waals surface area contributed by atoms with Crippen molar-refractivity contribution in [1.82, 2.24) is 4.98 Å². The standard InChI is InChI=1S/C11H12BrFN2O3S/c1-7-10(12)3-9(4-14-7)15-5-8(2-11(15)16)6-19(13,17)18/h3-4,8H,2,5-6H2,1H3. The maximum atomic E-state index is 12.6. The fourth-order valence-electron chi connectivity index (χ4n) is 2.07.